The molecule has 0 aromatic heterocycles. The van der Waals surface area contributed by atoms with E-state index in [4.69, 9.17) is 9.47 Å². The summed E-state index contributed by atoms with van der Waals surface area (Å²) in [4.78, 5) is 14.8. The van der Waals surface area contributed by atoms with Gasteiger partial charge in [-0.15, -0.1) is 0 Å². The second-order valence-electron chi connectivity index (χ2n) is 11.2. The van der Waals surface area contributed by atoms with Crippen molar-refractivity contribution < 1.29 is 14.3 Å². The highest BCUT2D eigenvalue weighted by atomic mass is 79.9. The molecule has 4 rings (SSSR count). The lowest BCUT2D eigenvalue weighted by Gasteiger charge is -2.33. The molecule has 41 heavy (non-hydrogen) atoms. The normalized spacial score (nSPS) is 21.8. The lowest BCUT2D eigenvalue weighted by Crippen LogP contribution is -2.44. The maximum absolute atomic E-state index is 12.8. The Kier molecular flexibility index (Phi) is 11.1. The molecule has 1 saturated heterocycles. The number of hydrogen-bond donors (Lipinski definition) is 4. The van der Waals surface area contributed by atoms with Crippen molar-refractivity contribution in [3.8, 4) is 17.6 Å². The Hall–Kier alpha value is -3.00. The summed E-state index contributed by atoms with van der Waals surface area (Å²) in [5.74, 6) is 1.60. The van der Waals surface area contributed by atoms with E-state index in [0.29, 0.717) is 49.6 Å². The number of ether oxygens (including phenoxy) is 2. The van der Waals surface area contributed by atoms with Crippen LogP contribution in [0.2, 0.25) is 0 Å². The molecule has 1 amide bonds. The van der Waals surface area contributed by atoms with E-state index in [2.05, 4.69) is 55.1 Å². The Morgan fingerprint density at radius 3 is 2.76 bits per heavy atom. The van der Waals surface area contributed by atoms with Crippen molar-refractivity contribution >= 4 is 38.9 Å². The summed E-state index contributed by atoms with van der Waals surface area (Å²) in [6.45, 7) is 7.66. The third-order valence-electron chi connectivity index (χ3n) is 7.75. The molecule has 0 spiro atoms. The van der Waals surface area contributed by atoms with Crippen LogP contribution in [0.15, 0.2) is 34.8 Å². The zero-order valence-corrected chi connectivity index (χ0v) is 26.1. The Labute approximate surface area is 252 Å². The fraction of sp³-hybridized carbons (Fsp3) is 0.548. The van der Waals surface area contributed by atoms with Crippen LogP contribution in [0.5, 0.6) is 11.5 Å². The van der Waals surface area contributed by atoms with Gasteiger partial charge in [-0.1, -0.05) is 6.92 Å². The van der Waals surface area contributed by atoms with E-state index in [1.165, 1.54) is 12.8 Å². The van der Waals surface area contributed by atoms with Crippen LogP contribution in [0.25, 0.3) is 0 Å². The summed E-state index contributed by atoms with van der Waals surface area (Å²) in [7, 11) is 3.99. The van der Waals surface area contributed by atoms with Crippen molar-refractivity contribution in [1.29, 1.82) is 5.26 Å². The first kappa shape index (κ1) is 30.9. The molecule has 0 bridgehead atoms. The quantitative estimate of drug-likeness (QED) is 0.240. The molecule has 2 aromatic rings. The standard InChI is InChI=1S/C31H43BrN6O3/c1-5-40-29-16-25-23(15-26(29)37-30(39)9-7-13-38(3)4)31(21(17-33)18-35-25)36-22-10-11-28(24(32)14-22)41-19-27-20(2)8-6-12-34-27/h10-11,14-16,20-21,27,31,34-36H,5-9,12-13,18-19H2,1-4H3,(H,37,39). The fourth-order valence-corrected chi connectivity index (χ4v) is 5.90. The van der Waals surface area contributed by atoms with E-state index >= 15 is 0 Å². The monoisotopic (exact) mass is 626 g/mol. The van der Waals surface area contributed by atoms with Crippen LogP contribution >= 0.6 is 15.9 Å². The van der Waals surface area contributed by atoms with E-state index < -0.39 is 0 Å². The van der Waals surface area contributed by atoms with Gasteiger partial charge in [0.1, 0.15) is 18.1 Å². The van der Waals surface area contributed by atoms with Crippen molar-refractivity contribution in [2.24, 2.45) is 11.8 Å². The minimum Gasteiger partial charge on any atom is -0.492 e. The number of halogens is 1. The van der Waals surface area contributed by atoms with Gasteiger partial charge in [-0.05, 0) is 99.5 Å². The van der Waals surface area contributed by atoms with Crippen LogP contribution in [0.3, 0.4) is 0 Å². The molecule has 222 valence electrons. The van der Waals surface area contributed by atoms with E-state index in [9.17, 15) is 10.1 Å². The number of nitriles is 1. The molecule has 0 radical (unpaired) electrons. The van der Waals surface area contributed by atoms with Crippen molar-refractivity contribution in [3.05, 3.63) is 40.4 Å². The van der Waals surface area contributed by atoms with Crippen LogP contribution < -0.4 is 30.7 Å². The van der Waals surface area contributed by atoms with Crippen molar-refractivity contribution in [3.63, 3.8) is 0 Å². The Morgan fingerprint density at radius 2 is 2.05 bits per heavy atom. The first-order valence-electron chi connectivity index (χ1n) is 14.6. The molecule has 10 heteroatoms. The number of hydrogen-bond acceptors (Lipinski definition) is 8. The molecule has 4 N–H and O–H groups in total. The summed E-state index contributed by atoms with van der Waals surface area (Å²) >= 11 is 3.68. The number of benzene rings is 2. The van der Waals surface area contributed by atoms with Gasteiger partial charge >= 0.3 is 0 Å². The second kappa shape index (κ2) is 14.8. The number of anilines is 3. The fourth-order valence-electron chi connectivity index (χ4n) is 5.40. The lowest BCUT2D eigenvalue weighted by molar-refractivity contribution is -0.116. The van der Waals surface area contributed by atoms with Gasteiger partial charge < -0.3 is 35.6 Å². The molecule has 4 unspecified atom stereocenters. The van der Waals surface area contributed by atoms with E-state index in [1.54, 1.807) is 0 Å². The van der Waals surface area contributed by atoms with Crippen LogP contribution in [0, 0.1) is 23.2 Å². The highest BCUT2D eigenvalue weighted by Crippen LogP contribution is 2.42. The van der Waals surface area contributed by atoms with Gasteiger partial charge in [0.2, 0.25) is 5.91 Å². The third kappa shape index (κ3) is 8.28. The van der Waals surface area contributed by atoms with Crippen molar-refractivity contribution in [2.45, 2.75) is 51.6 Å². The number of rotatable bonds is 12. The van der Waals surface area contributed by atoms with Crippen LogP contribution in [0.4, 0.5) is 17.1 Å². The van der Waals surface area contributed by atoms with Gasteiger partial charge in [0.05, 0.1) is 34.8 Å². The largest absolute Gasteiger partial charge is 0.492 e. The second-order valence-corrected chi connectivity index (χ2v) is 12.1. The van der Waals surface area contributed by atoms with Gasteiger partial charge in [-0.2, -0.15) is 5.26 Å². The lowest BCUT2D eigenvalue weighted by atomic mass is 9.88. The maximum atomic E-state index is 12.8. The smallest absolute Gasteiger partial charge is 0.224 e. The average molecular weight is 628 g/mol. The number of piperidine rings is 1. The summed E-state index contributed by atoms with van der Waals surface area (Å²) in [5.41, 5.74) is 3.28. The SMILES string of the molecule is CCOc1cc2c(cc1NC(=O)CCCN(C)C)C(Nc1ccc(OCC3NCCCC3C)c(Br)c1)C(C#N)CN2. The number of nitrogens with one attached hydrogen (secondary N) is 4. The molecule has 2 aromatic carbocycles. The zero-order chi connectivity index (χ0) is 29.4. The molecule has 2 heterocycles. The predicted molar refractivity (Wildman–Crippen MR) is 168 cm³/mol. The highest BCUT2D eigenvalue weighted by Gasteiger charge is 2.31. The van der Waals surface area contributed by atoms with Gasteiger partial charge in [0.15, 0.2) is 0 Å². The third-order valence-corrected chi connectivity index (χ3v) is 8.37. The van der Waals surface area contributed by atoms with Crippen molar-refractivity contribution in [2.75, 3.05) is 62.9 Å². The molecule has 2 aliphatic heterocycles. The summed E-state index contributed by atoms with van der Waals surface area (Å²) in [5, 5.41) is 23.6. The first-order chi connectivity index (χ1) is 19.8. The molecule has 9 nitrogen and oxygen atoms in total. The predicted octanol–water partition coefficient (Wildman–Crippen LogP) is 5.61. The van der Waals surface area contributed by atoms with Gasteiger partial charge in [0.25, 0.3) is 0 Å². The molecule has 1 fully saturated rings. The Bertz CT molecular complexity index is 1230. The average Bonchev–Trinajstić information content (AvgIpc) is 2.94. The van der Waals surface area contributed by atoms with E-state index in [1.807, 2.05) is 51.4 Å². The summed E-state index contributed by atoms with van der Waals surface area (Å²) in [6.07, 6.45) is 3.61. The molecular formula is C31H43BrN6O3. The minimum absolute atomic E-state index is 0.0600. The summed E-state index contributed by atoms with van der Waals surface area (Å²) < 4.78 is 12.9. The minimum atomic E-state index is -0.322. The number of carbonyl (C=O) groups is 1. The first-order valence-corrected chi connectivity index (χ1v) is 15.4. The zero-order valence-electron chi connectivity index (χ0n) is 24.6. The highest BCUT2D eigenvalue weighted by molar-refractivity contribution is 9.10. The summed E-state index contributed by atoms with van der Waals surface area (Å²) in [6, 6.07) is 12.3. The van der Waals surface area contributed by atoms with E-state index in [0.717, 1.165) is 46.7 Å². The Balaban J connectivity index is 1.52. The van der Waals surface area contributed by atoms with Gasteiger partial charge in [-0.25, -0.2) is 0 Å². The molecule has 4 atom stereocenters. The van der Waals surface area contributed by atoms with Crippen LogP contribution in [-0.2, 0) is 4.79 Å². The number of amides is 1. The topological polar surface area (TPSA) is 111 Å². The Morgan fingerprint density at radius 1 is 1.22 bits per heavy atom. The number of nitrogens with zero attached hydrogens (tertiary/aromatic N) is 2. The van der Waals surface area contributed by atoms with Crippen LogP contribution in [0.1, 0.15) is 51.1 Å². The maximum Gasteiger partial charge on any atom is 0.224 e. The van der Waals surface area contributed by atoms with Crippen LogP contribution in [-0.4, -0.2) is 63.8 Å². The van der Waals surface area contributed by atoms with E-state index in [-0.39, 0.29) is 17.9 Å². The number of carbonyl (C=O) groups excluding carboxylic acids is 1. The van der Waals surface area contributed by atoms with Gasteiger partial charge in [-0.3, -0.25) is 4.79 Å². The van der Waals surface area contributed by atoms with Crippen molar-refractivity contribution in [1.82, 2.24) is 10.2 Å². The van der Waals surface area contributed by atoms with Gasteiger partial charge in [0, 0.05) is 42.0 Å². The number of fused-ring (bicyclic) bond motifs is 1. The molecule has 0 saturated carbocycles. The molecular weight excluding hydrogens is 584 g/mol. The molecule has 2 aliphatic rings. The molecule has 0 aliphatic carbocycles.